The van der Waals surface area contributed by atoms with Crippen molar-refractivity contribution in [1.82, 2.24) is 9.88 Å². The zero-order valence-corrected chi connectivity index (χ0v) is 10.3. The Hall–Kier alpha value is -0.930. The molecule has 0 aromatic carbocycles. The molecular formula is C13H20N2O. The highest BCUT2D eigenvalue weighted by atomic mass is 16.5. The molecule has 0 spiro atoms. The number of ether oxygens (including phenoxy) is 1. The van der Waals surface area contributed by atoms with Gasteiger partial charge in [-0.3, -0.25) is 9.88 Å². The van der Waals surface area contributed by atoms with Gasteiger partial charge in [-0.05, 0) is 38.5 Å². The summed E-state index contributed by atoms with van der Waals surface area (Å²) in [7, 11) is 0. The summed E-state index contributed by atoms with van der Waals surface area (Å²) in [4.78, 5) is 6.51. The van der Waals surface area contributed by atoms with E-state index in [-0.39, 0.29) is 11.6 Å². The minimum Gasteiger partial charge on any atom is -0.371 e. The number of hydrogen-bond donors (Lipinski definition) is 0. The second-order valence-electron chi connectivity index (χ2n) is 5.26. The van der Waals surface area contributed by atoms with Crippen LogP contribution in [-0.4, -0.2) is 35.1 Å². The summed E-state index contributed by atoms with van der Waals surface area (Å²) in [5, 5.41) is 0. The molecule has 1 aliphatic heterocycles. The summed E-state index contributed by atoms with van der Waals surface area (Å²) >= 11 is 0. The molecule has 0 amide bonds. The van der Waals surface area contributed by atoms with Gasteiger partial charge in [-0.15, -0.1) is 0 Å². The van der Waals surface area contributed by atoms with Gasteiger partial charge < -0.3 is 4.74 Å². The fourth-order valence-electron chi connectivity index (χ4n) is 2.04. The van der Waals surface area contributed by atoms with E-state index >= 15 is 0 Å². The molecule has 16 heavy (non-hydrogen) atoms. The average Bonchev–Trinajstić information content (AvgIpc) is 2.29. The maximum absolute atomic E-state index is 5.82. The fourth-order valence-corrected chi connectivity index (χ4v) is 2.04. The Morgan fingerprint density at radius 1 is 1.31 bits per heavy atom. The molecule has 1 unspecified atom stereocenters. The number of aromatic nitrogens is 1. The molecule has 1 aromatic rings. The molecule has 1 aliphatic rings. The molecule has 88 valence electrons. The van der Waals surface area contributed by atoms with E-state index in [0.717, 1.165) is 19.7 Å². The predicted octanol–water partition coefficient (Wildman–Crippen LogP) is 2.25. The summed E-state index contributed by atoms with van der Waals surface area (Å²) in [6.07, 6.45) is 3.85. The van der Waals surface area contributed by atoms with Crippen LogP contribution < -0.4 is 0 Å². The standard InChI is InChI=1S/C13H20N2O/c1-13(2,3)15-8-9-16-12(10-15)11-4-6-14-7-5-11/h4-7,12H,8-10H2,1-3H3. The summed E-state index contributed by atoms with van der Waals surface area (Å²) in [5.74, 6) is 0. The molecule has 2 heterocycles. The topological polar surface area (TPSA) is 25.4 Å². The number of morpholine rings is 1. The van der Waals surface area contributed by atoms with Crippen LogP contribution >= 0.6 is 0 Å². The fraction of sp³-hybridized carbons (Fsp3) is 0.615. The first-order valence-corrected chi connectivity index (χ1v) is 5.84. The highest BCUT2D eigenvalue weighted by Gasteiger charge is 2.28. The molecule has 3 nitrogen and oxygen atoms in total. The summed E-state index contributed by atoms with van der Waals surface area (Å²) < 4.78 is 5.82. The van der Waals surface area contributed by atoms with Crippen LogP contribution in [-0.2, 0) is 4.74 Å². The minimum atomic E-state index is 0.191. The van der Waals surface area contributed by atoms with Crippen LogP contribution in [0.4, 0.5) is 0 Å². The highest BCUT2D eigenvalue weighted by Crippen LogP contribution is 2.25. The van der Waals surface area contributed by atoms with E-state index in [2.05, 4.69) is 30.7 Å². The average molecular weight is 220 g/mol. The SMILES string of the molecule is CC(C)(C)N1CCOC(c2ccncc2)C1. The Kier molecular flexibility index (Phi) is 3.26. The van der Waals surface area contributed by atoms with E-state index in [1.165, 1.54) is 5.56 Å². The molecule has 0 N–H and O–H groups in total. The van der Waals surface area contributed by atoms with Crippen LogP contribution in [0.5, 0.6) is 0 Å². The van der Waals surface area contributed by atoms with Crippen molar-refractivity contribution in [2.24, 2.45) is 0 Å². The molecule has 2 rings (SSSR count). The van der Waals surface area contributed by atoms with Gasteiger partial charge in [0.1, 0.15) is 0 Å². The Morgan fingerprint density at radius 2 is 2.00 bits per heavy atom. The molecule has 0 bridgehead atoms. The van der Waals surface area contributed by atoms with Crippen LogP contribution in [0, 0.1) is 0 Å². The third-order valence-corrected chi connectivity index (χ3v) is 3.09. The third-order valence-electron chi connectivity index (χ3n) is 3.09. The van der Waals surface area contributed by atoms with Gasteiger partial charge in [0.25, 0.3) is 0 Å². The van der Waals surface area contributed by atoms with Crippen molar-refractivity contribution < 1.29 is 4.74 Å². The molecule has 0 saturated carbocycles. The molecule has 1 aromatic heterocycles. The van der Waals surface area contributed by atoms with Crippen LogP contribution in [0.3, 0.4) is 0 Å². The van der Waals surface area contributed by atoms with Gasteiger partial charge >= 0.3 is 0 Å². The van der Waals surface area contributed by atoms with Crippen LogP contribution in [0.15, 0.2) is 24.5 Å². The van der Waals surface area contributed by atoms with Crippen LogP contribution in [0.1, 0.15) is 32.4 Å². The molecular weight excluding hydrogens is 200 g/mol. The van der Waals surface area contributed by atoms with E-state index in [1.807, 2.05) is 24.5 Å². The lowest BCUT2D eigenvalue weighted by molar-refractivity contribution is -0.0596. The maximum Gasteiger partial charge on any atom is 0.0953 e. The van der Waals surface area contributed by atoms with Crippen molar-refractivity contribution in [3.05, 3.63) is 30.1 Å². The summed E-state index contributed by atoms with van der Waals surface area (Å²) in [5.41, 5.74) is 1.44. The van der Waals surface area contributed by atoms with Gasteiger partial charge in [0.2, 0.25) is 0 Å². The van der Waals surface area contributed by atoms with E-state index in [0.29, 0.717) is 0 Å². The lowest BCUT2D eigenvalue weighted by Gasteiger charge is -2.41. The quantitative estimate of drug-likeness (QED) is 0.726. The number of rotatable bonds is 1. The van der Waals surface area contributed by atoms with Gasteiger partial charge in [-0.25, -0.2) is 0 Å². The Morgan fingerprint density at radius 3 is 2.62 bits per heavy atom. The lowest BCUT2D eigenvalue weighted by atomic mass is 10.0. The zero-order chi connectivity index (χ0) is 11.6. The van der Waals surface area contributed by atoms with E-state index in [4.69, 9.17) is 4.74 Å². The maximum atomic E-state index is 5.82. The van der Waals surface area contributed by atoms with E-state index in [9.17, 15) is 0 Å². The third kappa shape index (κ3) is 2.60. The van der Waals surface area contributed by atoms with E-state index < -0.39 is 0 Å². The summed E-state index contributed by atoms with van der Waals surface area (Å²) in [6, 6.07) is 4.08. The second kappa shape index (κ2) is 4.52. The van der Waals surface area contributed by atoms with Gasteiger partial charge in [0.15, 0.2) is 0 Å². The first-order valence-electron chi connectivity index (χ1n) is 5.84. The number of hydrogen-bond acceptors (Lipinski definition) is 3. The molecule has 1 saturated heterocycles. The van der Waals surface area contributed by atoms with Crippen molar-refractivity contribution in [1.29, 1.82) is 0 Å². The van der Waals surface area contributed by atoms with Gasteiger partial charge in [-0.2, -0.15) is 0 Å². The second-order valence-corrected chi connectivity index (χ2v) is 5.26. The highest BCUT2D eigenvalue weighted by molar-refractivity contribution is 5.14. The van der Waals surface area contributed by atoms with Crippen LogP contribution in [0.25, 0.3) is 0 Å². The largest absolute Gasteiger partial charge is 0.371 e. The van der Waals surface area contributed by atoms with Crippen molar-refractivity contribution in [3.8, 4) is 0 Å². The van der Waals surface area contributed by atoms with Crippen molar-refractivity contribution in [2.45, 2.75) is 32.4 Å². The van der Waals surface area contributed by atoms with Crippen molar-refractivity contribution >= 4 is 0 Å². The number of pyridine rings is 1. The van der Waals surface area contributed by atoms with Crippen LogP contribution in [0.2, 0.25) is 0 Å². The van der Waals surface area contributed by atoms with Crippen molar-refractivity contribution in [2.75, 3.05) is 19.7 Å². The molecule has 1 fully saturated rings. The van der Waals surface area contributed by atoms with Crippen molar-refractivity contribution in [3.63, 3.8) is 0 Å². The summed E-state index contributed by atoms with van der Waals surface area (Å²) in [6.45, 7) is 9.55. The predicted molar refractivity (Wildman–Crippen MR) is 64.3 cm³/mol. The molecule has 1 atom stereocenters. The zero-order valence-electron chi connectivity index (χ0n) is 10.3. The molecule has 3 heteroatoms. The smallest absolute Gasteiger partial charge is 0.0953 e. The molecule has 0 radical (unpaired) electrons. The van der Waals surface area contributed by atoms with Gasteiger partial charge in [-0.1, -0.05) is 0 Å². The molecule has 0 aliphatic carbocycles. The van der Waals surface area contributed by atoms with Gasteiger partial charge in [0.05, 0.1) is 12.7 Å². The minimum absolute atomic E-state index is 0.191. The monoisotopic (exact) mass is 220 g/mol. The Balaban J connectivity index is 2.08. The Labute approximate surface area is 97.4 Å². The number of nitrogens with zero attached hydrogens (tertiary/aromatic N) is 2. The first-order chi connectivity index (χ1) is 7.57. The lowest BCUT2D eigenvalue weighted by Crippen LogP contribution is -2.48. The first kappa shape index (κ1) is 11.6. The normalized spacial score (nSPS) is 23.3. The van der Waals surface area contributed by atoms with Gasteiger partial charge in [0, 0.05) is 31.0 Å². The Bertz CT molecular complexity index is 332. The van der Waals surface area contributed by atoms with E-state index in [1.54, 1.807) is 0 Å².